The van der Waals surface area contributed by atoms with Crippen molar-refractivity contribution in [3.05, 3.63) is 34.1 Å². The number of hydrogen-bond acceptors (Lipinski definition) is 2. The van der Waals surface area contributed by atoms with E-state index in [0.29, 0.717) is 10.0 Å². The van der Waals surface area contributed by atoms with Crippen LogP contribution in [0.4, 0.5) is 4.39 Å². The van der Waals surface area contributed by atoms with Gasteiger partial charge in [-0.3, -0.25) is 0 Å². The Hall–Kier alpha value is -0.450. The SMILES string of the molecule is ONCc1cccc(Br)c1F. The zero-order valence-corrected chi connectivity index (χ0v) is 7.23. The summed E-state index contributed by atoms with van der Waals surface area (Å²) in [4.78, 5) is 0. The first-order valence-electron chi connectivity index (χ1n) is 3.05. The van der Waals surface area contributed by atoms with Crippen molar-refractivity contribution >= 4 is 15.9 Å². The third-order valence-electron chi connectivity index (χ3n) is 1.30. The molecular weight excluding hydrogens is 213 g/mol. The average molecular weight is 220 g/mol. The average Bonchev–Trinajstić information content (AvgIpc) is 1.99. The topological polar surface area (TPSA) is 32.3 Å². The van der Waals surface area contributed by atoms with E-state index in [0.717, 1.165) is 0 Å². The lowest BCUT2D eigenvalue weighted by atomic mass is 10.2. The summed E-state index contributed by atoms with van der Waals surface area (Å²) >= 11 is 3.03. The van der Waals surface area contributed by atoms with Crippen molar-refractivity contribution in [2.75, 3.05) is 0 Å². The van der Waals surface area contributed by atoms with Crippen molar-refractivity contribution in [2.45, 2.75) is 6.54 Å². The summed E-state index contributed by atoms with van der Waals surface area (Å²) in [7, 11) is 0. The van der Waals surface area contributed by atoms with Gasteiger partial charge in [0.1, 0.15) is 5.82 Å². The molecular formula is C7H7BrFNO. The Balaban J connectivity index is 2.96. The maximum atomic E-state index is 13.0. The molecule has 0 saturated carbocycles. The van der Waals surface area contributed by atoms with E-state index in [1.165, 1.54) is 0 Å². The first-order chi connectivity index (χ1) is 5.25. The fourth-order valence-corrected chi connectivity index (χ4v) is 1.18. The standard InChI is InChI=1S/C7H7BrFNO/c8-6-3-1-2-5(4-10-11)7(6)9/h1-3,10-11H,4H2. The van der Waals surface area contributed by atoms with E-state index in [4.69, 9.17) is 5.21 Å². The van der Waals surface area contributed by atoms with E-state index in [1.807, 2.05) is 5.48 Å². The monoisotopic (exact) mass is 219 g/mol. The van der Waals surface area contributed by atoms with Crippen LogP contribution in [-0.4, -0.2) is 5.21 Å². The molecule has 0 aliphatic carbocycles. The van der Waals surface area contributed by atoms with E-state index in [9.17, 15) is 4.39 Å². The second-order valence-electron chi connectivity index (χ2n) is 2.05. The Labute approximate surface area is 72.1 Å². The van der Waals surface area contributed by atoms with Gasteiger partial charge in [-0.1, -0.05) is 12.1 Å². The van der Waals surface area contributed by atoms with Gasteiger partial charge in [-0.2, -0.15) is 0 Å². The molecule has 0 amide bonds. The van der Waals surface area contributed by atoms with Crippen LogP contribution in [-0.2, 0) is 6.54 Å². The van der Waals surface area contributed by atoms with Crippen molar-refractivity contribution in [1.82, 2.24) is 5.48 Å². The molecule has 0 aliphatic heterocycles. The first kappa shape index (κ1) is 8.64. The van der Waals surface area contributed by atoms with Gasteiger partial charge in [-0.05, 0) is 22.0 Å². The summed E-state index contributed by atoms with van der Waals surface area (Å²) in [6, 6.07) is 4.92. The number of hydrogen-bond donors (Lipinski definition) is 2. The Morgan fingerprint density at radius 3 is 2.91 bits per heavy atom. The van der Waals surface area contributed by atoms with Crippen LogP contribution in [0.15, 0.2) is 22.7 Å². The van der Waals surface area contributed by atoms with Gasteiger partial charge >= 0.3 is 0 Å². The fourth-order valence-electron chi connectivity index (χ4n) is 0.770. The van der Waals surface area contributed by atoms with E-state index in [1.54, 1.807) is 18.2 Å². The molecule has 60 valence electrons. The highest BCUT2D eigenvalue weighted by atomic mass is 79.9. The smallest absolute Gasteiger partial charge is 0.141 e. The van der Waals surface area contributed by atoms with E-state index in [2.05, 4.69) is 15.9 Å². The van der Waals surface area contributed by atoms with Crippen molar-refractivity contribution in [3.8, 4) is 0 Å². The highest BCUT2D eigenvalue weighted by Gasteiger charge is 2.03. The molecule has 4 heteroatoms. The Morgan fingerprint density at radius 2 is 2.27 bits per heavy atom. The summed E-state index contributed by atoms with van der Waals surface area (Å²) in [5, 5.41) is 8.30. The molecule has 0 heterocycles. The molecule has 2 nitrogen and oxygen atoms in total. The molecule has 1 aromatic rings. The summed E-state index contributed by atoms with van der Waals surface area (Å²) in [5.74, 6) is -0.339. The van der Waals surface area contributed by atoms with Crippen LogP contribution in [0, 0.1) is 5.82 Å². The van der Waals surface area contributed by atoms with Gasteiger partial charge in [0, 0.05) is 12.1 Å². The summed E-state index contributed by atoms with van der Waals surface area (Å²) in [5.41, 5.74) is 2.32. The lowest BCUT2D eigenvalue weighted by Gasteiger charge is -2.01. The predicted octanol–water partition coefficient (Wildman–Crippen LogP) is 2.07. The largest absolute Gasteiger partial charge is 0.316 e. The van der Waals surface area contributed by atoms with Gasteiger partial charge in [-0.15, -0.1) is 0 Å². The molecule has 0 atom stereocenters. The van der Waals surface area contributed by atoms with Crippen LogP contribution in [0.2, 0.25) is 0 Å². The van der Waals surface area contributed by atoms with E-state index in [-0.39, 0.29) is 12.4 Å². The highest BCUT2D eigenvalue weighted by molar-refractivity contribution is 9.10. The number of hydroxylamine groups is 1. The molecule has 0 bridgehead atoms. The molecule has 11 heavy (non-hydrogen) atoms. The molecule has 0 unspecified atom stereocenters. The molecule has 0 fully saturated rings. The summed E-state index contributed by atoms with van der Waals surface area (Å²) in [6.45, 7) is 0.116. The van der Waals surface area contributed by atoms with Crippen LogP contribution in [0.25, 0.3) is 0 Å². The quantitative estimate of drug-likeness (QED) is 0.747. The molecule has 0 saturated heterocycles. The third kappa shape index (κ3) is 1.99. The van der Waals surface area contributed by atoms with Crippen LogP contribution in [0.3, 0.4) is 0 Å². The van der Waals surface area contributed by atoms with Crippen molar-refractivity contribution in [2.24, 2.45) is 0 Å². The number of halogens is 2. The van der Waals surface area contributed by atoms with Gasteiger partial charge in [0.25, 0.3) is 0 Å². The van der Waals surface area contributed by atoms with Crippen molar-refractivity contribution in [3.63, 3.8) is 0 Å². The van der Waals surface area contributed by atoms with Gasteiger partial charge < -0.3 is 5.21 Å². The van der Waals surface area contributed by atoms with Gasteiger partial charge in [0.05, 0.1) is 4.47 Å². The first-order valence-corrected chi connectivity index (χ1v) is 3.85. The van der Waals surface area contributed by atoms with Crippen molar-refractivity contribution < 1.29 is 9.60 Å². The lowest BCUT2D eigenvalue weighted by Crippen LogP contribution is -2.07. The maximum Gasteiger partial charge on any atom is 0.141 e. The highest BCUT2D eigenvalue weighted by Crippen LogP contribution is 2.17. The molecule has 0 aromatic heterocycles. The molecule has 2 N–H and O–H groups in total. The van der Waals surface area contributed by atoms with Gasteiger partial charge in [0.15, 0.2) is 0 Å². The second-order valence-corrected chi connectivity index (χ2v) is 2.90. The lowest BCUT2D eigenvalue weighted by molar-refractivity contribution is 0.160. The van der Waals surface area contributed by atoms with Crippen LogP contribution >= 0.6 is 15.9 Å². The molecule has 0 spiro atoms. The van der Waals surface area contributed by atoms with E-state index >= 15 is 0 Å². The minimum Gasteiger partial charge on any atom is -0.316 e. The van der Waals surface area contributed by atoms with E-state index < -0.39 is 0 Å². The maximum absolute atomic E-state index is 13.0. The number of nitrogens with one attached hydrogen (secondary N) is 1. The molecule has 1 aromatic carbocycles. The summed E-state index contributed by atoms with van der Waals surface area (Å²) < 4.78 is 13.4. The molecule has 1 rings (SSSR count). The van der Waals surface area contributed by atoms with Crippen LogP contribution in [0.5, 0.6) is 0 Å². The van der Waals surface area contributed by atoms with Gasteiger partial charge in [0.2, 0.25) is 0 Å². The minimum atomic E-state index is -0.339. The molecule has 0 radical (unpaired) electrons. The number of rotatable bonds is 2. The number of benzene rings is 1. The molecule has 0 aliphatic rings. The predicted molar refractivity (Wildman–Crippen MR) is 42.7 cm³/mol. The zero-order valence-electron chi connectivity index (χ0n) is 5.64. The van der Waals surface area contributed by atoms with Crippen LogP contribution in [0.1, 0.15) is 5.56 Å². The third-order valence-corrected chi connectivity index (χ3v) is 1.91. The van der Waals surface area contributed by atoms with Gasteiger partial charge in [-0.25, -0.2) is 9.87 Å². The van der Waals surface area contributed by atoms with Crippen molar-refractivity contribution in [1.29, 1.82) is 0 Å². The Kier molecular flexibility index (Phi) is 2.99. The fraction of sp³-hybridized carbons (Fsp3) is 0.143. The van der Waals surface area contributed by atoms with Crippen LogP contribution < -0.4 is 5.48 Å². The Morgan fingerprint density at radius 1 is 1.55 bits per heavy atom. The normalized spacial score (nSPS) is 10.1. The zero-order chi connectivity index (χ0) is 8.27. The Bertz CT molecular complexity index is 254. The second kappa shape index (κ2) is 3.80. The summed E-state index contributed by atoms with van der Waals surface area (Å²) in [6.07, 6.45) is 0. The minimum absolute atomic E-state index is 0.116.